The molecular weight excluding hydrogens is 302 g/mol. The molecule has 5 nitrogen and oxygen atoms in total. The third kappa shape index (κ3) is 8.12. The smallest absolute Gasteiger partial charge is 0.407 e. The van der Waals surface area contributed by atoms with E-state index in [-0.39, 0.29) is 0 Å². The van der Waals surface area contributed by atoms with Crippen LogP contribution in [0.15, 0.2) is 17.5 Å². The van der Waals surface area contributed by atoms with E-state index in [1.54, 1.807) is 20.8 Å². The lowest BCUT2D eigenvalue weighted by molar-refractivity contribution is -0.131. The van der Waals surface area contributed by atoms with Crippen LogP contribution in [0.3, 0.4) is 0 Å². The van der Waals surface area contributed by atoms with Crippen molar-refractivity contribution in [2.24, 2.45) is 0 Å². The molecule has 1 aromatic rings. The fourth-order valence-corrected chi connectivity index (χ4v) is 2.10. The van der Waals surface area contributed by atoms with Crippen LogP contribution in [-0.2, 0) is 9.53 Å². The van der Waals surface area contributed by atoms with Gasteiger partial charge in [0.1, 0.15) is 5.60 Å². The number of alkyl carbamates (subject to hydrolysis) is 1. The number of nitrogens with one attached hydrogen (secondary N) is 1. The zero-order chi connectivity index (χ0) is 16.6. The van der Waals surface area contributed by atoms with Gasteiger partial charge in [-0.2, -0.15) is 0 Å². The Kier molecular flexibility index (Phi) is 6.67. The average Bonchev–Trinajstić information content (AvgIpc) is 2.81. The van der Waals surface area contributed by atoms with Crippen molar-refractivity contribution in [3.05, 3.63) is 28.0 Å². The molecule has 0 fully saturated rings. The Morgan fingerprint density at radius 1 is 1.45 bits per heavy atom. The predicted octanol–water partition coefficient (Wildman–Crippen LogP) is 3.11. The van der Waals surface area contributed by atoms with Crippen molar-refractivity contribution in [3.8, 4) is 11.8 Å². The van der Waals surface area contributed by atoms with Crippen LogP contribution in [0.1, 0.15) is 37.6 Å². The first-order valence-electron chi connectivity index (χ1n) is 6.71. The second kappa shape index (κ2) is 8.25. The zero-order valence-corrected chi connectivity index (χ0v) is 13.6. The molecule has 0 aromatic carbocycles. The average molecular weight is 321 g/mol. The molecule has 118 valence electrons. The van der Waals surface area contributed by atoms with Crippen molar-refractivity contribution >= 4 is 29.5 Å². The largest absolute Gasteiger partial charge is 0.478 e. The zero-order valence-electron chi connectivity index (χ0n) is 12.8. The Balaban J connectivity index is 2.36. The molecule has 0 spiro atoms. The molecule has 0 aliphatic carbocycles. The number of thiophene rings is 1. The summed E-state index contributed by atoms with van der Waals surface area (Å²) in [6, 6.07) is 1.82. The van der Waals surface area contributed by atoms with E-state index in [1.165, 1.54) is 17.4 Å². The maximum Gasteiger partial charge on any atom is 0.407 e. The predicted molar refractivity (Wildman–Crippen MR) is 86.7 cm³/mol. The second-order valence-electron chi connectivity index (χ2n) is 5.39. The van der Waals surface area contributed by atoms with Gasteiger partial charge in [0.15, 0.2) is 0 Å². The van der Waals surface area contributed by atoms with Crippen LogP contribution < -0.4 is 5.32 Å². The molecule has 2 N–H and O–H groups in total. The fourth-order valence-electron chi connectivity index (χ4n) is 1.36. The number of carbonyl (C=O) groups is 2. The van der Waals surface area contributed by atoms with Crippen molar-refractivity contribution in [1.82, 2.24) is 5.32 Å². The van der Waals surface area contributed by atoms with E-state index in [1.807, 2.05) is 11.4 Å². The highest BCUT2D eigenvalue weighted by Crippen LogP contribution is 2.15. The number of ether oxygens (including phenoxy) is 1. The molecule has 0 saturated heterocycles. The number of amides is 1. The Hall–Kier alpha value is -2.26. The highest BCUT2D eigenvalue weighted by atomic mass is 32.1. The lowest BCUT2D eigenvalue weighted by Crippen LogP contribution is -2.32. The van der Waals surface area contributed by atoms with Gasteiger partial charge in [-0.15, -0.1) is 11.3 Å². The van der Waals surface area contributed by atoms with Gasteiger partial charge in [0, 0.05) is 34.9 Å². The summed E-state index contributed by atoms with van der Waals surface area (Å²) in [7, 11) is 0. The summed E-state index contributed by atoms with van der Waals surface area (Å²) < 4.78 is 5.10. The highest BCUT2D eigenvalue weighted by molar-refractivity contribution is 7.11. The number of carbonyl (C=O) groups excluding carboxylic acids is 1. The van der Waals surface area contributed by atoms with Crippen LogP contribution in [0.5, 0.6) is 0 Å². The summed E-state index contributed by atoms with van der Waals surface area (Å²) in [6.45, 7) is 5.83. The topological polar surface area (TPSA) is 75.6 Å². The minimum absolute atomic E-state index is 0.415. The Bertz CT molecular complexity index is 614. The lowest BCUT2D eigenvalue weighted by atomic mass is 10.2. The molecule has 22 heavy (non-hydrogen) atoms. The van der Waals surface area contributed by atoms with Crippen LogP contribution in [0, 0.1) is 11.8 Å². The molecular formula is C16H19NO4S. The first kappa shape index (κ1) is 17.8. The standard InChI is InChI=1S/C16H19NO4S/c1-16(2,3)21-15(20)17-9-5-4-6-12-10-13(22-11-12)7-8-14(18)19/h7-8,10-11H,5,9H2,1-3H3,(H,17,20)(H,18,19)/b8-7+. The molecule has 1 amide bonds. The summed E-state index contributed by atoms with van der Waals surface area (Å²) in [5.74, 6) is 4.93. The second-order valence-corrected chi connectivity index (χ2v) is 6.33. The van der Waals surface area contributed by atoms with Gasteiger partial charge in [-0.1, -0.05) is 11.8 Å². The van der Waals surface area contributed by atoms with E-state index in [2.05, 4.69) is 17.2 Å². The van der Waals surface area contributed by atoms with Crippen molar-refractivity contribution in [2.75, 3.05) is 6.54 Å². The van der Waals surface area contributed by atoms with Crippen molar-refractivity contribution in [2.45, 2.75) is 32.8 Å². The minimum Gasteiger partial charge on any atom is -0.478 e. The van der Waals surface area contributed by atoms with Crippen LogP contribution >= 0.6 is 11.3 Å². The van der Waals surface area contributed by atoms with E-state index in [9.17, 15) is 9.59 Å². The van der Waals surface area contributed by atoms with Crippen LogP contribution in [0.2, 0.25) is 0 Å². The number of carboxylic acid groups (broad SMARTS) is 1. The van der Waals surface area contributed by atoms with Gasteiger partial charge in [0.2, 0.25) is 0 Å². The number of aliphatic carboxylic acids is 1. The molecule has 0 unspecified atom stereocenters. The molecule has 0 saturated carbocycles. The minimum atomic E-state index is -0.978. The Morgan fingerprint density at radius 2 is 2.18 bits per heavy atom. The number of hydrogen-bond acceptors (Lipinski definition) is 4. The number of rotatable bonds is 4. The van der Waals surface area contributed by atoms with Crippen molar-refractivity contribution < 1.29 is 19.4 Å². The van der Waals surface area contributed by atoms with Gasteiger partial charge >= 0.3 is 12.1 Å². The van der Waals surface area contributed by atoms with Gasteiger partial charge in [0.05, 0.1) is 0 Å². The molecule has 1 aromatic heterocycles. The molecule has 0 atom stereocenters. The molecule has 0 aliphatic heterocycles. The molecule has 0 aliphatic rings. The van der Waals surface area contributed by atoms with Crippen molar-refractivity contribution in [3.63, 3.8) is 0 Å². The van der Waals surface area contributed by atoms with Crippen LogP contribution in [0.4, 0.5) is 4.79 Å². The molecule has 0 bridgehead atoms. The summed E-state index contributed by atoms with van der Waals surface area (Å²) >= 11 is 1.42. The molecule has 6 heteroatoms. The summed E-state index contributed by atoms with van der Waals surface area (Å²) in [5, 5.41) is 13.0. The van der Waals surface area contributed by atoms with Crippen LogP contribution in [0.25, 0.3) is 6.08 Å². The Labute approximate surface area is 134 Å². The maximum absolute atomic E-state index is 11.4. The number of carboxylic acids is 1. The van der Waals surface area contributed by atoms with E-state index in [0.717, 1.165) is 16.5 Å². The maximum atomic E-state index is 11.4. The summed E-state index contributed by atoms with van der Waals surface area (Å²) in [5.41, 5.74) is 0.319. The quantitative estimate of drug-likeness (QED) is 0.507. The third-order valence-corrected chi connectivity index (χ3v) is 3.06. The van der Waals surface area contributed by atoms with E-state index in [4.69, 9.17) is 9.84 Å². The van der Waals surface area contributed by atoms with Gasteiger partial charge < -0.3 is 15.2 Å². The lowest BCUT2D eigenvalue weighted by Gasteiger charge is -2.19. The SMILES string of the molecule is CC(C)(C)OC(=O)NCCC#Cc1csc(/C=C/C(=O)O)c1. The monoisotopic (exact) mass is 321 g/mol. The van der Waals surface area contributed by atoms with Crippen LogP contribution in [-0.4, -0.2) is 29.3 Å². The number of hydrogen-bond donors (Lipinski definition) is 2. The first-order chi connectivity index (χ1) is 10.3. The first-order valence-corrected chi connectivity index (χ1v) is 7.59. The highest BCUT2D eigenvalue weighted by Gasteiger charge is 2.15. The third-order valence-electron chi connectivity index (χ3n) is 2.16. The van der Waals surface area contributed by atoms with Gasteiger partial charge in [-0.25, -0.2) is 9.59 Å². The summed E-state index contributed by atoms with van der Waals surface area (Å²) in [4.78, 5) is 22.6. The summed E-state index contributed by atoms with van der Waals surface area (Å²) in [6.07, 6.45) is 2.68. The van der Waals surface area contributed by atoms with Gasteiger partial charge in [-0.05, 0) is 32.9 Å². The van der Waals surface area contributed by atoms with E-state index >= 15 is 0 Å². The molecule has 1 rings (SSSR count). The van der Waals surface area contributed by atoms with E-state index < -0.39 is 17.7 Å². The van der Waals surface area contributed by atoms with E-state index in [0.29, 0.717) is 13.0 Å². The van der Waals surface area contributed by atoms with Gasteiger partial charge in [0.25, 0.3) is 0 Å². The normalized spacial score (nSPS) is 10.9. The Morgan fingerprint density at radius 3 is 2.82 bits per heavy atom. The van der Waals surface area contributed by atoms with Crippen molar-refractivity contribution in [1.29, 1.82) is 0 Å². The van der Waals surface area contributed by atoms with Gasteiger partial charge in [-0.3, -0.25) is 0 Å². The molecule has 1 heterocycles. The molecule has 0 radical (unpaired) electrons. The fraction of sp³-hybridized carbons (Fsp3) is 0.375.